The molecule has 1 saturated heterocycles. The molecule has 0 aliphatic carbocycles. The Morgan fingerprint density at radius 1 is 1.27 bits per heavy atom. The van der Waals surface area contributed by atoms with E-state index >= 15 is 0 Å². The van der Waals surface area contributed by atoms with Crippen LogP contribution in [0.25, 0.3) is 11.1 Å². The van der Waals surface area contributed by atoms with Gasteiger partial charge in [0.25, 0.3) is 0 Å². The molecule has 1 aromatic carbocycles. The Morgan fingerprint density at radius 3 is 2.83 bits per heavy atom. The predicted octanol–water partition coefficient (Wildman–Crippen LogP) is 2.76. The van der Waals surface area contributed by atoms with E-state index in [9.17, 15) is 9.59 Å². The quantitative estimate of drug-likeness (QED) is 0.682. The molecule has 0 bridgehead atoms. The van der Waals surface area contributed by atoms with Gasteiger partial charge in [0.2, 0.25) is 11.8 Å². The number of carbonyl (C=O) groups excluding carboxylic acids is 2. The molecule has 2 amide bonds. The van der Waals surface area contributed by atoms with Crippen LogP contribution >= 0.6 is 11.3 Å². The summed E-state index contributed by atoms with van der Waals surface area (Å²) < 4.78 is 5.86. The summed E-state index contributed by atoms with van der Waals surface area (Å²) in [5.41, 5.74) is 9.14. The molecule has 30 heavy (non-hydrogen) atoms. The molecule has 0 unspecified atom stereocenters. The van der Waals surface area contributed by atoms with E-state index in [0.29, 0.717) is 31.7 Å². The van der Waals surface area contributed by atoms with Crippen molar-refractivity contribution in [3.8, 4) is 11.1 Å². The molecule has 2 aromatic heterocycles. The molecule has 2 N–H and O–H groups in total. The molecular formula is C22H22N4O3S. The Labute approximate surface area is 178 Å². The predicted molar refractivity (Wildman–Crippen MR) is 114 cm³/mol. The lowest BCUT2D eigenvalue weighted by Crippen LogP contribution is -2.43. The number of aromatic nitrogens is 2. The number of nitrogens with zero attached hydrogens (tertiary/aromatic N) is 3. The minimum Gasteiger partial charge on any atom is -0.368 e. The maximum atomic E-state index is 12.7. The van der Waals surface area contributed by atoms with Crippen molar-refractivity contribution < 1.29 is 14.3 Å². The molecular weight excluding hydrogens is 400 g/mol. The van der Waals surface area contributed by atoms with E-state index in [1.165, 1.54) is 0 Å². The number of ether oxygens (including phenoxy) is 1. The van der Waals surface area contributed by atoms with Crippen molar-refractivity contribution in [2.75, 3.05) is 19.7 Å². The zero-order chi connectivity index (χ0) is 21.1. The topological polar surface area (TPSA) is 98.4 Å². The third-order valence-corrected chi connectivity index (χ3v) is 5.84. The van der Waals surface area contributed by atoms with E-state index in [2.05, 4.69) is 9.97 Å². The summed E-state index contributed by atoms with van der Waals surface area (Å²) in [6.07, 6.45) is 1.78. The van der Waals surface area contributed by atoms with Gasteiger partial charge < -0.3 is 15.4 Å². The van der Waals surface area contributed by atoms with Gasteiger partial charge in [-0.25, -0.2) is 4.98 Å². The van der Waals surface area contributed by atoms with Crippen LogP contribution in [0.3, 0.4) is 0 Å². The highest BCUT2D eigenvalue weighted by atomic mass is 32.1. The molecule has 1 aliphatic rings. The highest BCUT2D eigenvalue weighted by Gasteiger charge is 2.26. The van der Waals surface area contributed by atoms with Crippen LogP contribution in [0.15, 0.2) is 48.0 Å². The van der Waals surface area contributed by atoms with Crippen LogP contribution in [0.5, 0.6) is 0 Å². The Hall–Kier alpha value is -3.10. The van der Waals surface area contributed by atoms with E-state index < -0.39 is 5.91 Å². The van der Waals surface area contributed by atoms with Crippen LogP contribution in [0.4, 0.5) is 0 Å². The molecule has 4 rings (SSSR count). The van der Waals surface area contributed by atoms with Crippen molar-refractivity contribution in [3.05, 3.63) is 69.9 Å². The highest BCUT2D eigenvalue weighted by Crippen LogP contribution is 2.25. The number of nitrogens with two attached hydrogens (primary N) is 1. The van der Waals surface area contributed by atoms with E-state index in [1.807, 2.05) is 35.4 Å². The normalized spacial score (nSPS) is 16.4. The number of rotatable bonds is 5. The average Bonchev–Trinajstić information content (AvgIpc) is 3.18. The van der Waals surface area contributed by atoms with E-state index in [1.54, 1.807) is 35.7 Å². The zero-order valence-corrected chi connectivity index (χ0v) is 17.4. The Morgan fingerprint density at radius 2 is 2.13 bits per heavy atom. The number of morpholine rings is 1. The lowest BCUT2D eigenvalue weighted by Gasteiger charge is -2.32. The molecule has 154 valence electrons. The fourth-order valence-electron chi connectivity index (χ4n) is 3.43. The summed E-state index contributed by atoms with van der Waals surface area (Å²) in [4.78, 5) is 34.8. The van der Waals surface area contributed by atoms with Crippen molar-refractivity contribution in [2.24, 2.45) is 5.73 Å². The Balaban J connectivity index is 1.44. The lowest BCUT2D eigenvalue weighted by molar-refractivity contribution is -0.138. The molecule has 0 spiro atoms. The largest absolute Gasteiger partial charge is 0.368 e. The molecule has 1 fully saturated rings. The van der Waals surface area contributed by atoms with Gasteiger partial charge in [0.05, 0.1) is 36.0 Å². The van der Waals surface area contributed by atoms with Crippen LogP contribution in [-0.2, 0) is 16.0 Å². The molecule has 8 heteroatoms. The summed E-state index contributed by atoms with van der Waals surface area (Å²) >= 11 is 1.55. The highest BCUT2D eigenvalue weighted by molar-refractivity contribution is 7.09. The van der Waals surface area contributed by atoms with Crippen molar-refractivity contribution in [1.82, 2.24) is 14.9 Å². The number of primary amides is 1. The van der Waals surface area contributed by atoms with Gasteiger partial charge in [-0.15, -0.1) is 11.3 Å². The van der Waals surface area contributed by atoms with Gasteiger partial charge in [0.1, 0.15) is 6.10 Å². The SMILES string of the molecule is Cc1nc(CC(=O)N2CCO[C@@H](c3ccc(-c4cccc(C(N)=O)c4)cn3)C2)cs1. The first-order chi connectivity index (χ1) is 14.5. The van der Waals surface area contributed by atoms with Gasteiger partial charge in [0.15, 0.2) is 0 Å². The molecule has 1 aliphatic heterocycles. The van der Waals surface area contributed by atoms with Crippen LogP contribution in [-0.4, -0.2) is 46.4 Å². The minimum atomic E-state index is -0.463. The first kappa shape index (κ1) is 20.2. The van der Waals surface area contributed by atoms with Gasteiger partial charge in [-0.1, -0.05) is 18.2 Å². The van der Waals surface area contributed by atoms with Crippen LogP contribution in [0.1, 0.15) is 32.9 Å². The van der Waals surface area contributed by atoms with E-state index in [0.717, 1.165) is 27.5 Å². The number of hydrogen-bond acceptors (Lipinski definition) is 6. The Kier molecular flexibility index (Phi) is 5.87. The van der Waals surface area contributed by atoms with Gasteiger partial charge in [-0.3, -0.25) is 14.6 Å². The second-order valence-electron chi connectivity index (χ2n) is 7.15. The first-order valence-electron chi connectivity index (χ1n) is 9.66. The maximum Gasteiger partial charge on any atom is 0.248 e. The fourth-order valence-corrected chi connectivity index (χ4v) is 4.04. The standard InChI is InChI=1S/C22H22N4O3S/c1-14-25-18(13-30-14)10-21(27)26-7-8-29-20(12-26)19-6-5-17(11-24-19)15-3-2-4-16(9-15)22(23)28/h2-6,9,11,13,20H,7-8,10,12H2,1H3,(H2,23,28)/t20-/m1/s1. The minimum absolute atomic E-state index is 0.0495. The summed E-state index contributed by atoms with van der Waals surface area (Å²) in [6, 6.07) is 11.0. The lowest BCUT2D eigenvalue weighted by atomic mass is 10.0. The van der Waals surface area contributed by atoms with E-state index in [4.69, 9.17) is 10.5 Å². The number of carbonyl (C=O) groups is 2. The summed E-state index contributed by atoms with van der Waals surface area (Å²) in [5.74, 6) is -0.414. The van der Waals surface area contributed by atoms with Crippen LogP contribution < -0.4 is 5.73 Å². The zero-order valence-electron chi connectivity index (χ0n) is 16.6. The van der Waals surface area contributed by atoms with Crippen LogP contribution in [0.2, 0.25) is 0 Å². The van der Waals surface area contributed by atoms with E-state index in [-0.39, 0.29) is 12.0 Å². The number of aryl methyl sites for hydroxylation is 1. The second kappa shape index (κ2) is 8.73. The molecule has 0 saturated carbocycles. The van der Waals surface area contributed by atoms with Gasteiger partial charge in [-0.05, 0) is 30.7 Å². The maximum absolute atomic E-state index is 12.7. The molecule has 3 heterocycles. The second-order valence-corrected chi connectivity index (χ2v) is 8.21. The monoisotopic (exact) mass is 422 g/mol. The number of benzene rings is 1. The van der Waals surface area contributed by atoms with Crippen molar-refractivity contribution >= 4 is 23.2 Å². The van der Waals surface area contributed by atoms with Crippen molar-refractivity contribution in [3.63, 3.8) is 0 Å². The first-order valence-corrected chi connectivity index (χ1v) is 10.5. The number of pyridine rings is 1. The Bertz CT molecular complexity index is 1060. The molecule has 0 radical (unpaired) electrons. The summed E-state index contributed by atoms with van der Waals surface area (Å²) in [5, 5.41) is 2.89. The third kappa shape index (κ3) is 4.55. The molecule has 3 aromatic rings. The number of amides is 2. The smallest absolute Gasteiger partial charge is 0.248 e. The summed E-state index contributed by atoms with van der Waals surface area (Å²) in [7, 11) is 0. The van der Waals surface area contributed by atoms with Crippen molar-refractivity contribution in [1.29, 1.82) is 0 Å². The van der Waals surface area contributed by atoms with Crippen molar-refractivity contribution in [2.45, 2.75) is 19.4 Å². The molecule has 7 nitrogen and oxygen atoms in total. The average molecular weight is 423 g/mol. The molecule has 1 atom stereocenters. The fraction of sp³-hybridized carbons (Fsp3) is 0.273. The summed E-state index contributed by atoms with van der Waals surface area (Å²) in [6.45, 7) is 3.43. The van der Waals surface area contributed by atoms with Crippen LogP contribution in [0, 0.1) is 6.92 Å². The van der Waals surface area contributed by atoms with Gasteiger partial charge in [0, 0.05) is 29.2 Å². The van der Waals surface area contributed by atoms with Gasteiger partial charge in [-0.2, -0.15) is 0 Å². The van der Waals surface area contributed by atoms with Gasteiger partial charge >= 0.3 is 0 Å². The third-order valence-electron chi connectivity index (χ3n) is 5.01. The number of hydrogen-bond donors (Lipinski definition) is 1. The number of thiazole rings is 1.